The third-order valence-corrected chi connectivity index (χ3v) is 4.08. The van der Waals surface area contributed by atoms with Crippen molar-refractivity contribution < 1.29 is 10.2 Å². The zero-order valence-electron chi connectivity index (χ0n) is 13.3. The number of aromatic hydroxyl groups is 2. The third kappa shape index (κ3) is 3.21. The Morgan fingerprint density at radius 3 is 1.43 bits per heavy atom. The molecule has 0 saturated heterocycles. The smallest absolute Gasteiger partial charge is 0.122 e. The van der Waals surface area contributed by atoms with E-state index in [-0.39, 0.29) is 0 Å². The standard InChI is InChI=1S/C19H24O2/c1-5-14-7-12(3)18(20)16(9-14)11-17-10-15(6-2)8-13(4)19(17)21/h7-10,20-21H,5-6,11H2,1-4H3. The summed E-state index contributed by atoms with van der Waals surface area (Å²) in [7, 11) is 0. The van der Waals surface area contributed by atoms with Crippen LogP contribution in [0.4, 0.5) is 0 Å². The molecule has 0 aromatic heterocycles. The van der Waals surface area contributed by atoms with Gasteiger partial charge in [0, 0.05) is 6.42 Å². The number of phenols is 2. The van der Waals surface area contributed by atoms with Crippen LogP contribution in [-0.2, 0) is 19.3 Å². The summed E-state index contributed by atoms with van der Waals surface area (Å²) in [5.74, 6) is 0.678. The first-order valence-electron chi connectivity index (χ1n) is 7.59. The van der Waals surface area contributed by atoms with E-state index in [1.807, 2.05) is 38.1 Å². The number of hydrogen-bond donors (Lipinski definition) is 2. The molecule has 2 rings (SSSR count). The Labute approximate surface area is 127 Å². The molecule has 0 saturated carbocycles. The van der Waals surface area contributed by atoms with Gasteiger partial charge in [-0.1, -0.05) is 38.1 Å². The molecule has 0 unspecified atom stereocenters. The van der Waals surface area contributed by atoms with Crippen molar-refractivity contribution in [1.29, 1.82) is 0 Å². The van der Waals surface area contributed by atoms with Gasteiger partial charge in [0.1, 0.15) is 11.5 Å². The maximum absolute atomic E-state index is 10.3. The minimum Gasteiger partial charge on any atom is -0.507 e. The van der Waals surface area contributed by atoms with E-state index in [9.17, 15) is 10.2 Å². The molecule has 2 aromatic carbocycles. The normalized spacial score (nSPS) is 10.9. The molecule has 0 aliphatic carbocycles. The lowest BCUT2D eigenvalue weighted by atomic mass is 9.94. The summed E-state index contributed by atoms with van der Waals surface area (Å²) in [4.78, 5) is 0. The van der Waals surface area contributed by atoms with E-state index in [1.54, 1.807) is 0 Å². The van der Waals surface area contributed by atoms with Crippen molar-refractivity contribution in [3.63, 3.8) is 0 Å². The Balaban J connectivity index is 2.47. The van der Waals surface area contributed by atoms with Gasteiger partial charge in [0.2, 0.25) is 0 Å². The molecule has 0 spiro atoms. The molecule has 2 nitrogen and oxygen atoms in total. The molecule has 112 valence electrons. The topological polar surface area (TPSA) is 40.5 Å². The van der Waals surface area contributed by atoms with Gasteiger partial charge in [0.05, 0.1) is 0 Å². The van der Waals surface area contributed by atoms with Crippen LogP contribution in [0, 0.1) is 13.8 Å². The molecule has 0 aliphatic heterocycles. The van der Waals surface area contributed by atoms with E-state index in [1.165, 1.54) is 11.1 Å². The Kier molecular flexibility index (Phi) is 4.56. The van der Waals surface area contributed by atoms with E-state index in [0.29, 0.717) is 17.9 Å². The second kappa shape index (κ2) is 6.21. The monoisotopic (exact) mass is 284 g/mol. The van der Waals surface area contributed by atoms with Gasteiger partial charge in [-0.05, 0) is 60.1 Å². The molecule has 0 bridgehead atoms. The fraction of sp³-hybridized carbons (Fsp3) is 0.368. The first-order valence-corrected chi connectivity index (χ1v) is 7.59. The molecule has 2 heteroatoms. The van der Waals surface area contributed by atoms with Crippen LogP contribution >= 0.6 is 0 Å². The summed E-state index contributed by atoms with van der Waals surface area (Å²) in [6.07, 6.45) is 2.43. The molecule has 0 fully saturated rings. The summed E-state index contributed by atoms with van der Waals surface area (Å²) in [6.45, 7) is 8.06. The van der Waals surface area contributed by atoms with Gasteiger partial charge in [0.15, 0.2) is 0 Å². The number of aryl methyl sites for hydroxylation is 4. The van der Waals surface area contributed by atoms with Crippen molar-refractivity contribution in [3.8, 4) is 11.5 Å². The number of phenolic OH excluding ortho intramolecular Hbond substituents is 2. The summed E-state index contributed by atoms with van der Waals surface area (Å²) in [5.41, 5.74) is 5.98. The average molecular weight is 284 g/mol. The van der Waals surface area contributed by atoms with Crippen molar-refractivity contribution in [3.05, 3.63) is 57.6 Å². The van der Waals surface area contributed by atoms with E-state index in [4.69, 9.17) is 0 Å². The highest BCUT2D eigenvalue weighted by atomic mass is 16.3. The second-order valence-corrected chi connectivity index (χ2v) is 5.72. The van der Waals surface area contributed by atoms with Gasteiger partial charge in [-0.2, -0.15) is 0 Å². The van der Waals surface area contributed by atoms with Gasteiger partial charge < -0.3 is 10.2 Å². The van der Waals surface area contributed by atoms with Crippen LogP contribution in [-0.4, -0.2) is 10.2 Å². The summed E-state index contributed by atoms with van der Waals surface area (Å²) in [6, 6.07) is 8.12. The van der Waals surface area contributed by atoms with Crippen LogP contribution in [0.25, 0.3) is 0 Å². The van der Waals surface area contributed by atoms with Gasteiger partial charge in [-0.25, -0.2) is 0 Å². The molecule has 0 amide bonds. The zero-order valence-corrected chi connectivity index (χ0v) is 13.3. The van der Waals surface area contributed by atoms with Crippen LogP contribution in [0.2, 0.25) is 0 Å². The van der Waals surface area contributed by atoms with Gasteiger partial charge in [-0.15, -0.1) is 0 Å². The largest absolute Gasteiger partial charge is 0.507 e. The molecule has 2 N–H and O–H groups in total. The van der Waals surface area contributed by atoms with E-state index in [2.05, 4.69) is 13.8 Å². The predicted molar refractivity (Wildman–Crippen MR) is 87.2 cm³/mol. The highest BCUT2D eigenvalue weighted by Crippen LogP contribution is 2.31. The maximum atomic E-state index is 10.3. The van der Waals surface area contributed by atoms with Gasteiger partial charge >= 0.3 is 0 Å². The van der Waals surface area contributed by atoms with Crippen LogP contribution < -0.4 is 0 Å². The maximum Gasteiger partial charge on any atom is 0.122 e. The Morgan fingerprint density at radius 1 is 0.714 bits per heavy atom. The first kappa shape index (κ1) is 15.4. The summed E-state index contributed by atoms with van der Waals surface area (Å²) in [5, 5.41) is 20.6. The van der Waals surface area contributed by atoms with Crippen molar-refractivity contribution in [2.45, 2.75) is 47.0 Å². The Bertz CT molecular complexity index is 600. The van der Waals surface area contributed by atoms with E-state index >= 15 is 0 Å². The minimum atomic E-state index is 0.339. The molecule has 0 atom stereocenters. The SMILES string of the molecule is CCc1cc(C)c(O)c(Cc2cc(CC)cc(C)c2O)c1. The summed E-state index contributed by atoms with van der Waals surface area (Å²) >= 11 is 0. The molecule has 0 heterocycles. The third-order valence-electron chi connectivity index (χ3n) is 4.08. The van der Waals surface area contributed by atoms with E-state index < -0.39 is 0 Å². The quantitative estimate of drug-likeness (QED) is 0.872. The molecular weight excluding hydrogens is 260 g/mol. The number of hydrogen-bond acceptors (Lipinski definition) is 2. The van der Waals surface area contributed by atoms with Crippen molar-refractivity contribution >= 4 is 0 Å². The number of benzene rings is 2. The molecule has 0 aliphatic rings. The highest BCUT2D eigenvalue weighted by Gasteiger charge is 2.12. The molecule has 0 radical (unpaired) electrons. The zero-order chi connectivity index (χ0) is 15.6. The fourth-order valence-electron chi connectivity index (χ4n) is 2.75. The lowest BCUT2D eigenvalue weighted by Crippen LogP contribution is -1.97. The molecule has 2 aromatic rings. The van der Waals surface area contributed by atoms with Crippen LogP contribution in [0.1, 0.15) is 47.2 Å². The van der Waals surface area contributed by atoms with Crippen molar-refractivity contribution in [2.75, 3.05) is 0 Å². The molecular formula is C19H24O2. The van der Waals surface area contributed by atoms with Crippen LogP contribution in [0.3, 0.4) is 0 Å². The van der Waals surface area contributed by atoms with Crippen LogP contribution in [0.5, 0.6) is 11.5 Å². The Hall–Kier alpha value is -1.96. The summed E-state index contributed by atoms with van der Waals surface area (Å²) < 4.78 is 0. The van der Waals surface area contributed by atoms with Crippen molar-refractivity contribution in [2.24, 2.45) is 0 Å². The van der Waals surface area contributed by atoms with Crippen LogP contribution in [0.15, 0.2) is 24.3 Å². The second-order valence-electron chi connectivity index (χ2n) is 5.72. The highest BCUT2D eigenvalue weighted by molar-refractivity contribution is 5.50. The Morgan fingerprint density at radius 2 is 1.10 bits per heavy atom. The van der Waals surface area contributed by atoms with Gasteiger partial charge in [0.25, 0.3) is 0 Å². The predicted octanol–water partition coefficient (Wildman–Crippen LogP) is 4.43. The average Bonchev–Trinajstić information content (AvgIpc) is 2.47. The molecule has 21 heavy (non-hydrogen) atoms. The lowest BCUT2D eigenvalue weighted by molar-refractivity contribution is 0.458. The number of rotatable bonds is 4. The minimum absolute atomic E-state index is 0.339. The van der Waals surface area contributed by atoms with E-state index in [0.717, 1.165) is 35.1 Å². The fourth-order valence-corrected chi connectivity index (χ4v) is 2.75. The lowest BCUT2D eigenvalue weighted by Gasteiger charge is -2.13. The van der Waals surface area contributed by atoms with Crippen molar-refractivity contribution in [1.82, 2.24) is 0 Å². The van der Waals surface area contributed by atoms with Gasteiger partial charge in [-0.3, -0.25) is 0 Å². The first-order chi connectivity index (χ1) is 9.96.